The molecule has 3 nitrogen and oxygen atoms in total. The van der Waals surface area contributed by atoms with E-state index in [0.717, 1.165) is 37.8 Å². The Kier molecular flexibility index (Phi) is 5.40. The first-order valence-corrected chi connectivity index (χ1v) is 8.98. The number of halogens is 2. The van der Waals surface area contributed by atoms with Crippen molar-refractivity contribution in [1.82, 2.24) is 10.2 Å². The number of fused-ring (bicyclic) bond motifs is 1. The second kappa shape index (κ2) is 7.36. The van der Waals surface area contributed by atoms with E-state index in [1.807, 2.05) is 6.07 Å². The van der Waals surface area contributed by atoms with Gasteiger partial charge in [0, 0.05) is 24.7 Å². The predicted molar refractivity (Wildman–Crippen MR) is 91.5 cm³/mol. The Labute approximate surface area is 143 Å². The van der Waals surface area contributed by atoms with E-state index in [1.54, 1.807) is 12.1 Å². The number of nitrogens with one attached hydrogen (secondary N) is 1. The number of alkyl halides is 2. The van der Waals surface area contributed by atoms with Crippen molar-refractivity contribution in [2.45, 2.75) is 64.3 Å². The molecule has 0 amide bonds. The topological polar surface area (TPSA) is 24.5 Å². The van der Waals surface area contributed by atoms with Gasteiger partial charge in [-0.15, -0.1) is 0 Å². The molecule has 1 N–H and O–H groups in total. The lowest BCUT2D eigenvalue weighted by Crippen LogP contribution is -2.51. The summed E-state index contributed by atoms with van der Waals surface area (Å²) in [5, 5.41) is 3.86. The average molecular weight is 338 g/mol. The molecule has 1 saturated heterocycles. The normalized spacial score (nSPS) is 31.1. The molecular formula is C19H28F2N2O. The van der Waals surface area contributed by atoms with Gasteiger partial charge >= 0.3 is 6.61 Å². The highest BCUT2D eigenvalue weighted by atomic mass is 19.3. The number of hydrogen-bond acceptors (Lipinski definition) is 3. The molecule has 3 rings (SSSR count). The molecule has 134 valence electrons. The van der Waals surface area contributed by atoms with E-state index in [1.165, 1.54) is 5.56 Å². The van der Waals surface area contributed by atoms with Crippen LogP contribution in [0.25, 0.3) is 0 Å². The van der Waals surface area contributed by atoms with Gasteiger partial charge in [0.15, 0.2) is 0 Å². The van der Waals surface area contributed by atoms with Crippen LogP contribution in [-0.4, -0.2) is 37.2 Å². The summed E-state index contributed by atoms with van der Waals surface area (Å²) in [4.78, 5) is 2.42. The molecule has 1 heterocycles. The zero-order valence-corrected chi connectivity index (χ0v) is 14.8. The van der Waals surface area contributed by atoms with E-state index in [4.69, 9.17) is 0 Å². The monoisotopic (exact) mass is 338 g/mol. The number of hydrogen-bond donors (Lipinski definition) is 1. The summed E-state index contributed by atoms with van der Waals surface area (Å²) in [6, 6.07) is 6.83. The molecule has 0 radical (unpaired) electrons. The van der Waals surface area contributed by atoms with Crippen molar-refractivity contribution in [3.8, 4) is 5.75 Å². The van der Waals surface area contributed by atoms with Crippen LogP contribution in [0.4, 0.5) is 8.78 Å². The molecule has 4 atom stereocenters. The van der Waals surface area contributed by atoms with Crippen LogP contribution in [0.5, 0.6) is 5.75 Å². The molecule has 1 aromatic carbocycles. The Bertz CT molecular complexity index is 566. The van der Waals surface area contributed by atoms with Crippen LogP contribution < -0.4 is 10.1 Å². The Morgan fingerprint density at radius 1 is 1.29 bits per heavy atom. The summed E-state index contributed by atoms with van der Waals surface area (Å²) in [7, 11) is 2.19. The lowest BCUT2D eigenvalue weighted by molar-refractivity contribution is -0.0499. The highest BCUT2D eigenvalue weighted by Crippen LogP contribution is 2.34. The molecule has 1 aliphatic carbocycles. The van der Waals surface area contributed by atoms with E-state index in [0.29, 0.717) is 24.0 Å². The Morgan fingerprint density at radius 3 is 2.83 bits per heavy atom. The van der Waals surface area contributed by atoms with Crippen molar-refractivity contribution in [2.24, 2.45) is 5.92 Å². The van der Waals surface area contributed by atoms with Gasteiger partial charge in [-0.05, 0) is 68.8 Å². The van der Waals surface area contributed by atoms with Crippen molar-refractivity contribution in [1.29, 1.82) is 0 Å². The van der Waals surface area contributed by atoms with Crippen LogP contribution in [-0.2, 0) is 6.42 Å². The third kappa shape index (κ3) is 3.89. The van der Waals surface area contributed by atoms with Crippen molar-refractivity contribution in [3.05, 3.63) is 29.3 Å². The van der Waals surface area contributed by atoms with E-state index in [9.17, 15) is 8.78 Å². The van der Waals surface area contributed by atoms with Crippen molar-refractivity contribution < 1.29 is 13.5 Å². The number of ether oxygens (including phenoxy) is 1. The second-order valence-electron chi connectivity index (χ2n) is 7.46. The first-order valence-electron chi connectivity index (χ1n) is 8.98. The minimum Gasteiger partial charge on any atom is -0.435 e. The number of aryl methyl sites for hydroxylation is 1. The quantitative estimate of drug-likeness (QED) is 0.898. The fourth-order valence-corrected chi connectivity index (χ4v) is 4.17. The lowest BCUT2D eigenvalue weighted by Gasteiger charge is -2.42. The van der Waals surface area contributed by atoms with Crippen molar-refractivity contribution in [2.75, 3.05) is 13.6 Å². The number of likely N-dealkylation sites (tertiary alicyclic amines) is 1. The third-order valence-electron chi connectivity index (χ3n) is 5.68. The highest BCUT2D eigenvalue weighted by Gasteiger charge is 2.31. The first-order chi connectivity index (χ1) is 11.4. The molecule has 2 aliphatic rings. The zero-order chi connectivity index (χ0) is 17.3. The molecule has 0 spiro atoms. The van der Waals surface area contributed by atoms with Crippen LogP contribution in [0, 0.1) is 5.92 Å². The summed E-state index contributed by atoms with van der Waals surface area (Å²) in [5.41, 5.74) is 2.40. The third-order valence-corrected chi connectivity index (χ3v) is 5.68. The highest BCUT2D eigenvalue weighted by molar-refractivity contribution is 5.39. The van der Waals surface area contributed by atoms with Crippen LogP contribution in [0.1, 0.15) is 50.3 Å². The molecule has 5 heteroatoms. The molecule has 1 fully saturated rings. The molecular weight excluding hydrogens is 310 g/mol. The Balaban J connectivity index is 1.72. The Hall–Kier alpha value is -1.20. The lowest BCUT2D eigenvalue weighted by atomic mass is 9.84. The molecule has 1 aliphatic heterocycles. The van der Waals surface area contributed by atoms with Gasteiger partial charge < -0.3 is 15.0 Å². The van der Waals surface area contributed by atoms with Crippen molar-refractivity contribution in [3.63, 3.8) is 0 Å². The Morgan fingerprint density at radius 2 is 2.08 bits per heavy atom. The number of benzene rings is 1. The fraction of sp³-hybridized carbons (Fsp3) is 0.684. The predicted octanol–water partition coefficient (Wildman–Crippen LogP) is 3.98. The van der Waals surface area contributed by atoms with E-state index in [2.05, 4.69) is 35.8 Å². The van der Waals surface area contributed by atoms with Crippen LogP contribution in [0.2, 0.25) is 0 Å². The number of nitrogens with zero attached hydrogens (tertiary/aromatic N) is 1. The van der Waals surface area contributed by atoms with Crippen LogP contribution in [0.15, 0.2) is 18.2 Å². The van der Waals surface area contributed by atoms with Crippen LogP contribution >= 0.6 is 0 Å². The van der Waals surface area contributed by atoms with Crippen LogP contribution in [0.3, 0.4) is 0 Å². The van der Waals surface area contributed by atoms with Gasteiger partial charge in [-0.1, -0.05) is 13.0 Å². The van der Waals surface area contributed by atoms with Gasteiger partial charge in [0.25, 0.3) is 0 Å². The summed E-state index contributed by atoms with van der Waals surface area (Å²) in [6.07, 6.45) is 4.28. The maximum absolute atomic E-state index is 12.4. The van der Waals surface area contributed by atoms with Gasteiger partial charge in [0.1, 0.15) is 5.75 Å². The summed E-state index contributed by atoms with van der Waals surface area (Å²) >= 11 is 0. The summed E-state index contributed by atoms with van der Waals surface area (Å²) in [5.74, 6) is 0.878. The largest absolute Gasteiger partial charge is 0.435 e. The minimum absolute atomic E-state index is 0.269. The van der Waals surface area contributed by atoms with E-state index in [-0.39, 0.29) is 5.75 Å². The SMILES string of the molecule is C[C@@H]1CN(C)[C@H](C)C[C@H]1N[C@@H]1CCCc2cc(OC(F)F)ccc21. The molecule has 24 heavy (non-hydrogen) atoms. The second-order valence-corrected chi connectivity index (χ2v) is 7.46. The fourth-order valence-electron chi connectivity index (χ4n) is 4.17. The maximum atomic E-state index is 12.4. The number of rotatable bonds is 4. The molecule has 0 unspecified atom stereocenters. The first kappa shape index (κ1) is 17.6. The summed E-state index contributed by atoms with van der Waals surface area (Å²) < 4.78 is 29.4. The van der Waals surface area contributed by atoms with Gasteiger partial charge in [-0.2, -0.15) is 8.78 Å². The van der Waals surface area contributed by atoms with Crippen molar-refractivity contribution >= 4 is 0 Å². The van der Waals surface area contributed by atoms with Gasteiger partial charge in [0.2, 0.25) is 0 Å². The summed E-state index contributed by atoms with van der Waals surface area (Å²) in [6.45, 7) is 2.94. The minimum atomic E-state index is -2.76. The maximum Gasteiger partial charge on any atom is 0.387 e. The average Bonchev–Trinajstić information content (AvgIpc) is 2.52. The smallest absolute Gasteiger partial charge is 0.387 e. The zero-order valence-electron chi connectivity index (χ0n) is 14.8. The van der Waals surface area contributed by atoms with E-state index < -0.39 is 6.61 Å². The number of piperidine rings is 1. The van der Waals surface area contributed by atoms with Gasteiger partial charge in [0.05, 0.1) is 0 Å². The standard InChI is InChI=1S/C19H28F2N2O/c1-12-11-23(3)13(2)9-18(12)22-17-6-4-5-14-10-15(24-19(20)21)7-8-16(14)17/h7-8,10,12-13,17-19,22H,4-6,9,11H2,1-3H3/t12-,13-,17-,18-/m1/s1. The molecule has 0 bridgehead atoms. The van der Waals surface area contributed by atoms with E-state index >= 15 is 0 Å². The molecule has 0 aromatic heterocycles. The van der Waals surface area contributed by atoms with Gasteiger partial charge in [-0.25, -0.2) is 0 Å². The molecule has 1 aromatic rings. The van der Waals surface area contributed by atoms with Gasteiger partial charge in [-0.3, -0.25) is 0 Å². The molecule has 0 saturated carbocycles.